The van der Waals surface area contributed by atoms with Crippen molar-refractivity contribution >= 4 is 21.6 Å². The molecule has 1 aromatic carbocycles. The number of amides is 1. The zero-order valence-corrected chi connectivity index (χ0v) is 20.5. The molecule has 1 atom stereocenters. The molecule has 1 saturated heterocycles. The second-order valence-corrected chi connectivity index (χ2v) is 12.2. The van der Waals surface area contributed by atoms with Crippen molar-refractivity contribution in [3.05, 3.63) is 65.2 Å². The highest BCUT2D eigenvalue weighted by Gasteiger charge is 2.40. The Hall–Kier alpha value is -2.98. The second kappa shape index (κ2) is 8.35. The Morgan fingerprint density at radius 1 is 1.24 bits per heavy atom. The van der Waals surface area contributed by atoms with E-state index >= 15 is 0 Å². The topological polar surface area (TPSA) is 113 Å². The van der Waals surface area contributed by atoms with E-state index < -0.39 is 10.0 Å². The quantitative estimate of drug-likeness (QED) is 0.561. The van der Waals surface area contributed by atoms with Crippen LogP contribution in [0.3, 0.4) is 0 Å². The van der Waals surface area contributed by atoms with Crippen molar-refractivity contribution in [1.29, 1.82) is 0 Å². The molecule has 10 heteroatoms. The van der Waals surface area contributed by atoms with Gasteiger partial charge >= 0.3 is 0 Å². The van der Waals surface area contributed by atoms with E-state index in [2.05, 4.69) is 34.5 Å². The molecule has 1 fully saturated rings. The predicted octanol–water partition coefficient (Wildman–Crippen LogP) is 2.85. The van der Waals surface area contributed by atoms with Crippen LogP contribution < -0.4 is 5.32 Å². The summed E-state index contributed by atoms with van der Waals surface area (Å²) in [4.78, 5) is 13.0. The van der Waals surface area contributed by atoms with Gasteiger partial charge in [-0.15, -0.1) is 0 Å². The highest BCUT2D eigenvalue weighted by molar-refractivity contribution is 7.88. The lowest BCUT2D eigenvalue weighted by Crippen LogP contribution is -2.52. The number of sulfonamides is 1. The molecule has 0 spiro atoms. The Labute approximate surface area is 199 Å². The van der Waals surface area contributed by atoms with Gasteiger partial charge in [-0.3, -0.25) is 14.6 Å². The summed E-state index contributed by atoms with van der Waals surface area (Å²) in [5.41, 5.74) is 4.32. The molecule has 2 N–H and O–H groups in total. The molecular formula is C24H30N6O3S. The molecule has 1 unspecified atom stereocenters. The number of nitrogens with zero attached hydrogens (tertiary/aromatic N) is 4. The number of hydrogen-bond acceptors (Lipinski definition) is 5. The molecule has 0 radical (unpaired) electrons. The van der Waals surface area contributed by atoms with Crippen LogP contribution in [0.5, 0.6) is 0 Å². The maximum Gasteiger partial charge on any atom is 0.276 e. The Morgan fingerprint density at radius 3 is 2.68 bits per heavy atom. The molecular weight excluding hydrogens is 452 g/mol. The summed E-state index contributed by atoms with van der Waals surface area (Å²) in [5, 5.41) is 14.8. The van der Waals surface area contributed by atoms with Crippen molar-refractivity contribution < 1.29 is 13.2 Å². The van der Waals surface area contributed by atoms with Crippen molar-refractivity contribution in [3.63, 3.8) is 0 Å². The molecule has 5 rings (SSSR count). The first-order valence-corrected chi connectivity index (χ1v) is 13.4. The van der Waals surface area contributed by atoms with Crippen LogP contribution >= 0.6 is 0 Å². The number of anilines is 1. The first-order chi connectivity index (χ1) is 16.1. The van der Waals surface area contributed by atoms with Crippen LogP contribution in [-0.2, 0) is 22.9 Å². The third kappa shape index (κ3) is 4.39. The standard InChI is InChI=1S/C24H30N6O3S/c1-24(2)10-9-19-20(11-24)27-28-21(19)23(31)26-18-12-25-30(15-18)22(16-7-5-4-6-8-16)17-13-29(14-17)34(3,32)33/h4-8,12,15,17,22H,9-11,13-14H2,1-3H3,(H,26,31)(H,27,28). The number of carbonyl (C=O) groups is 1. The van der Waals surface area contributed by atoms with Crippen LogP contribution in [0.1, 0.15) is 53.6 Å². The number of fused-ring (bicyclic) bond motifs is 1. The first-order valence-electron chi connectivity index (χ1n) is 11.5. The summed E-state index contributed by atoms with van der Waals surface area (Å²) >= 11 is 0. The molecule has 0 saturated carbocycles. The fourth-order valence-electron chi connectivity index (χ4n) is 5.01. The van der Waals surface area contributed by atoms with Gasteiger partial charge in [0.1, 0.15) is 0 Å². The Bertz CT molecular complexity index is 1310. The molecule has 3 aromatic rings. The molecule has 1 aliphatic carbocycles. The third-order valence-electron chi connectivity index (χ3n) is 6.95. The molecule has 9 nitrogen and oxygen atoms in total. The largest absolute Gasteiger partial charge is 0.318 e. The zero-order valence-electron chi connectivity index (χ0n) is 19.7. The van der Waals surface area contributed by atoms with Crippen LogP contribution in [-0.4, -0.2) is 58.0 Å². The average Bonchev–Trinajstić information content (AvgIpc) is 3.35. The van der Waals surface area contributed by atoms with E-state index in [1.807, 2.05) is 35.0 Å². The average molecular weight is 483 g/mol. The number of nitrogens with one attached hydrogen (secondary N) is 2. The number of rotatable bonds is 6. The number of aromatic amines is 1. The number of aromatic nitrogens is 4. The lowest BCUT2D eigenvalue weighted by molar-refractivity contribution is 0.102. The minimum absolute atomic E-state index is 0.0855. The number of carbonyl (C=O) groups excluding carboxylic acids is 1. The van der Waals surface area contributed by atoms with Gasteiger partial charge in [0.05, 0.1) is 24.2 Å². The molecule has 1 aliphatic heterocycles. The van der Waals surface area contributed by atoms with E-state index in [1.165, 1.54) is 10.6 Å². The number of benzene rings is 1. The minimum Gasteiger partial charge on any atom is -0.318 e. The third-order valence-corrected chi connectivity index (χ3v) is 8.19. The van der Waals surface area contributed by atoms with Gasteiger partial charge in [0.2, 0.25) is 10.0 Å². The summed E-state index contributed by atoms with van der Waals surface area (Å²) in [5.74, 6) is -0.165. The van der Waals surface area contributed by atoms with E-state index in [-0.39, 0.29) is 23.3 Å². The van der Waals surface area contributed by atoms with Crippen molar-refractivity contribution in [2.75, 3.05) is 24.7 Å². The van der Waals surface area contributed by atoms with Crippen molar-refractivity contribution in [1.82, 2.24) is 24.3 Å². The van der Waals surface area contributed by atoms with Crippen LogP contribution in [0.4, 0.5) is 5.69 Å². The van der Waals surface area contributed by atoms with Gasteiger partial charge < -0.3 is 5.32 Å². The second-order valence-electron chi connectivity index (χ2n) is 10.2. The van der Waals surface area contributed by atoms with E-state index in [1.54, 1.807) is 12.4 Å². The Kier molecular flexibility index (Phi) is 5.60. The predicted molar refractivity (Wildman–Crippen MR) is 129 cm³/mol. The molecule has 2 aliphatic rings. The fraction of sp³-hybridized carbons (Fsp3) is 0.458. The van der Waals surface area contributed by atoms with E-state index in [0.717, 1.165) is 36.1 Å². The van der Waals surface area contributed by atoms with Gasteiger partial charge in [-0.2, -0.15) is 10.2 Å². The van der Waals surface area contributed by atoms with Crippen molar-refractivity contribution in [2.45, 2.75) is 39.2 Å². The zero-order chi connectivity index (χ0) is 24.1. The van der Waals surface area contributed by atoms with Crippen LogP contribution in [0.25, 0.3) is 0 Å². The van der Waals surface area contributed by atoms with Crippen LogP contribution in [0.2, 0.25) is 0 Å². The molecule has 0 bridgehead atoms. The molecule has 180 valence electrons. The van der Waals surface area contributed by atoms with E-state index in [0.29, 0.717) is 24.5 Å². The first kappa shape index (κ1) is 22.8. The Balaban J connectivity index is 1.35. The normalized spacial score (nSPS) is 19.3. The van der Waals surface area contributed by atoms with E-state index in [9.17, 15) is 13.2 Å². The number of H-pyrrole nitrogens is 1. The highest BCUT2D eigenvalue weighted by atomic mass is 32.2. The summed E-state index contributed by atoms with van der Waals surface area (Å²) in [6.07, 6.45) is 7.39. The summed E-state index contributed by atoms with van der Waals surface area (Å²) in [6, 6.07) is 9.78. The summed E-state index contributed by atoms with van der Waals surface area (Å²) in [6.45, 7) is 5.34. The lowest BCUT2D eigenvalue weighted by atomic mass is 9.76. The smallest absolute Gasteiger partial charge is 0.276 e. The minimum atomic E-state index is -3.21. The lowest BCUT2D eigenvalue weighted by Gasteiger charge is -2.41. The van der Waals surface area contributed by atoms with Gasteiger partial charge in [0, 0.05) is 36.5 Å². The Morgan fingerprint density at radius 2 is 1.97 bits per heavy atom. The van der Waals surface area contributed by atoms with Crippen molar-refractivity contribution in [2.24, 2.45) is 11.3 Å². The maximum atomic E-state index is 13.0. The van der Waals surface area contributed by atoms with Gasteiger partial charge in [-0.05, 0) is 30.2 Å². The fourth-order valence-corrected chi connectivity index (χ4v) is 5.94. The van der Waals surface area contributed by atoms with Gasteiger partial charge in [0.25, 0.3) is 5.91 Å². The summed E-state index contributed by atoms with van der Waals surface area (Å²) < 4.78 is 27.0. The number of hydrogen-bond donors (Lipinski definition) is 2. The van der Waals surface area contributed by atoms with Gasteiger partial charge in [0.15, 0.2) is 5.69 Å². The van der Waals surface area contributed by atoms with Crippen LogP contribution in [0.15, 0.2) is 42.7 Å². The monoisotopic (exact) mass is 482 g/mol. The van der Waals surface area contributed by atoms with Crippen LogP contribution in [0, 0.1) is 11.3 Å². The highest BCUT2D eigenvalue weighted by Crippen LogP contribution is 2.36. The summed E-state index contributed by atoms with van der Waals surface area (Å²) in [7, 11) is -3.21. The van der Waals surface area contributed by atoms with E-state index in [4.69, 9.17) is 0 Å². The maximum absolute atomic E-state index is 13.0. The van der Waals surface area contributed by atoms with Gasteiger partial charge in [-0.1, -0.05) is 44.2 Å². The molecule has 1 amide bonds. The van der Waals surface area contributed by atoms with Crippen molar-refractivity contribution in [3.8, 4) is 0 Å². The SMILES string of the molecule is CC1(C)CCc2c(C(=O)Nc3cnn(C(c4ccccc4)C4CN(S(C)(=O)=O)C4)c3)n[nH]c2C1. The molecule has 34 heavy (non-hydrogen) atoms. The van der Waals surface area contributed by atoms with Gasteiger partial charge in [-0.25, -0.2) is 12.7 Å². The molecule has 2 aromatic heterocycles. The molecule has 3 heterocycles.